The summed E-state index contributed by atoms with van der Waals surface area (Å²) in [6.45, 7) is 1.56. The first-order chi connectivity index (χ1) is 9.08. The van der Waals surface area contributed by atoms with E-state index in [0.29, 0.717) is 15.5 Å². The van der Waals surface area contributed by atoms with E-state index in [0.717, 1.165) is 0 Å². The molecule has 0 unspecified atom stereocenters. The van der Waals surface area contributed by atoms with Gasteiger partial charge in [-0.15, -0.1) is 11.3 Å². The molecule has 2 aromatic rings. The average Bonchev–Trinajstić information content (AvgIpc) is 2.92. The maximum atomic E-state index is 12.0. The molecule has 0 fully saturated rings. The minimum absolute atomic E-state index is 0.249. The Morgan fingerprint density at radius 1 is 1.21 bits per heavy atom. The Balaban J connectivity index is 2.03. The minimum Gasteiger partial charge on any atom is -0.450 e. The van der Waals surface area contributed by atoms with Crippen LogP contribution in [0, 0.1) is 0 Å². The van der Waals surface area contributed by atoms with Crippen molar-refractivity contribution in [1.29, 1.82) is 0 Å². The molecular formula is C14H11ClO3S. The van der Waals surface area contributed by atoms with E-state index in [2.05, 4.69) is 0 Å². The quantitative estimate of drug-likeness (QED) is 0.636. The van der Waals surface area contributed by atoms with Gasteiger partial charge in [0.25, 0.3) is 0 Å². The van der Waals surface area contributed by atoms with Gasteiger partial charge in [0, 0.05) is 10.6 Å². The largest absolute Gasteiger partial charge is 0.450 e. The first kappa shape index (κ1) is 13.8. The summed E-state index contributed by atoms with van der Waals surface area (Å²) in [6, 6.07) is 9.89. The third-order valence-corrected chi connectivity index (χ3v) is 3.61. The number of ether oxygens (including phenoxy) is 1. The Bertz CT molecular complexity index is 575. The molecule has 0 spiro atoms. The number of rotatable bonds is 4. The van der Waals surface area contributed by atoms with Crippen LogP contribution in [-0.4, -0.2) is 17.9 Å². The fourth-order valence-corrected chi connectivity index (χ4v) is 2.25. The molecule has 5 heteroatoms. The van der Waals surface area contributed by atoms with E-state index in [1.807, 2.05) is 0 Å². The number of hydrogen-bond donors (Lipinski definition) is 0. The second kappa shape index (κ2) is 5.99. The highest BCUT2D eigenvalue weighted by molar-refractivity contribution is 7.11. The predicted molar refractivity (Wildman–Crippen MR) is 75.0 cm³/mol. The van der Waals surface area contributed by atoms with E-state index >= 15 is 0 Å². The molecule has 0 bridgehead atoms. The molecule has 0 saturated carbocycles. The summed E-state index contributed by atoms with van der Waals surface area (Å²) in [5.74, 6) is -0.730. The van der Waals surface area contributed by atoms with E-state index in [4.69, 9.17) is 16.3 Å². The number of hydrogen-bond acceptors (Lipinski definition) is 4. The molecule has 0 amide bonds. The molecular weight excluding hydrogens is 284 g/mol. The molecule has 0 radical (unpaired) electrons. The highest BCUT2D eigenvalue weighted by Crippen LogP contribution is 2.15. The van der Waals surface area contributed by atoms with Crippen molar-refractivity contribution in [3.63, 3.8) is 0 Å². The fourth-order valence-electron chi connectivity index (χ4n) is 1.52. The molecule has 19 heavy (non-hydrogen) atoms. The van der Waals surface area contributed by atoms with Gasteiger partial charge in [-0.2, -0.15) is 0 Å². The van der Waals surface area contributed by atoms with Gasteiger partial charge in [-0.25, -0.2) is 4.79 Å². The lowest BCUT2D eigenvalue weighted by Gasteiger charge is -2.11. The van der Waals surface area contributed by atoms with Crippen molar-refractivity contribution in [1.82, 2.24) is 0 Å². The van der Waals surface area contributed by atoms with E-state index in [1.54, 1.807) is 48.7 Å². The normalized spacial score (nSPS) is 11.9. The zero-order valence-corrected chi connectivity index (χ0v) is 11.7. The van der Waals surface area contributed by atoms with Crippen molar-refractivity contribution < 1.29 is 14.3 Å². The maximum absolute atomic E-state index is 12.0. The SMILES string of the molecule is C[C@@H](OC(=O)c1cccs1)C(=O)c1ccc(Cl)cc1. The smallest absolute Gasteiger partial charge is 0.349 e. The van der Waals surface area contributed by atoms with Crippen LogP contribution >= 0.6 is 22.9 Å². The topological polar surface area (TPSA) is 43.4 Å². The lowest BCUT2D eigenvalue weighted by Crippen LogP contribution is -2.24. The monoisotopic (exact) mass is 294 g/mol. The Morgan fingerprint density at radius 2 is 1.89 bits per heavy atom. The Hall–Kier alpha value is -1.65. The Kier molecular flexibility index (Phi) is 4.35. The molecule has 3 nitrogen and oxygen atoms in total. The molecule has 1 aromatic carbocycles. The number of esters is 1. The molecule has 1 atom stereocenters. The first-order valence-electron chi connectivity index (χ1n) is 5.62. The average molecular weight is 295 g/mol. The van der Waals surface area contributed by atoms with Gasteiger partial charge in [0.1, 0.15) is 4.88 Å². The van der Waals surface area contributed by atoms with Crippen LogP contribution in [0.4, 0.5) is 0 Å². The molecule has 1 aromatic heterocycles. The van der Waals surface area contributed by atoms with Gasteiger partial charge in [0.2, 0.25) is 5.78 Å². The number of carbonyl (C=O) groups is 2. The van der Waals surface area contributed by atoms with Crippen LogP contribution in [-0.2, 0) is 4.74 Å². The predicted octanol–water partition coefficient (Wildman–Crippen LogP) is 3.83. The molecule has 0 aliphatic heterocycles. The Labute approximate surface area is 119 Å². The molecule has 0 saturated heterocycles. The van der Waals surface area contributed by atoms with Crippen LogP contribution in [0.3, 0.4) is 0 Å². The van der Waals surface area contributed by atoms with Gasteiger partial charge in [0.05, 0.1) is 0 Å². The fraction of sp³-hybridized carbons (Fsp3) is 0.143. The summed E-state index contributed by atoms with van der Waals surface area (Å²) in [7, 11) is 0. The second-order valence-corrected chi connectivity index (χ2v) is 5.28. The third kappa shape index (κ3) is 3.43. The molecule has 2 rings (SSSR count). The van der Waals surface area contributed by atoms with Gasteiger partial charge in [-0.1, -0.05) is 17.7 Å². The molecule has 98 valence electrons. The van der Waals surface area contributed by atoms with Crippen molar-refractivity contribution in [3.8, 4) is 0 Å². The lowest BCUT2D eigenvalue weighted by atomic mass is 10.1. The van der Waals surface area contributed by atoms with Gasteiger partial charge in [-0.05, 0) is 42.6 Å². The highest BCUT2D eigenvalue weighted by atomic mass is 35.5. The Morgan fingerprint density at radius 3 is 2.47 bits per heavy atom. The third-order valence-electron chi connectivity index (χ3n) is 2.50. The highest BCUT2D eigenvalue weighted by Gasteiger charge is 2.20. The lowest BCUT2D eigenvalue weighted by molar-refractivity contribution is 0.0323. The van der Waals surface area contributed by atoms with E-state index < -0.39 is 12.1 Å². The minimum atomic E-state index is -0.823. The maximum Gasteiger partial charge on any atom is 0.349 e. The number of halogens is 1. The number of ketones is 1. The number of Topliss-reactive ketones (excluding diaryl/α,β-unsaturated/α-hetero) is 1. The van der Waals surface area contributed by atoms with Crippen molar-refractivity contribution in [2.75, 3.05) is 0 Å². The number of carbonyl (C=O) groups excluding carboxylic acids is 2. The molecule has 1 heterocycles. The molecule has 0 N–H and O–H groups in total. The zero-order chi connectivity index (χ0) is 13.8. The summed E-state index contributed by atoms with van der Waals surface area (Å²) in [4.78, 5) is 24.2. The number of benzene rings is 1. The molecule has 0 aliphatic carbocycles. The molecule has 0 aliphatic rings. The van der Waals surface area contributed by atoms with Crippen LogP contribution in [0.5, 0.6) is 0 Å². The van der Waals surface area contributed by atoms with Crippen molar-refractivity contribution >= 4 is 34.7 Å². The van der Waals surface area contributed by atoms with Crippen LogP contribution < -0.4 is 0 Å². The van der Waals surface area contributed by atoms with Crippen LogP contribution in [0.15, 0.2) is 41.8 Å². The van der Waals surface area contributed by atoms with Crippen LogP contribution in [0.25, 0.3) is 0 Å². The summed E-state index contributed by atoms with van der Waals surface area (Å²) in [5.41, 5.74) is 0.468. The van der Waals surface area contributed by atoms with Crippen molar-refractivity contribution in [3.05, 3.63) is 57.2 Å². The second-order valence-electron chi connectivity index (χ2n) is 3.90. The summed E-state index contributed by atoms with van der Waals surface area (Å²) in [5, 5.41) is 2.34. The summed E-state index contributed by atoms with van der Waals surface area (Å²) in [6.07, 6.45) is -0.823. The summed E-state index contributed by atoms with van der Waals surface area (Å²) >= 11 is 7.03. The van der Waals surface area contributed by atoms with Gasteiger partial charge in [0.15, 0.2) is 6.10 Å². The number of thiophene rings is 1. The van der Waals surface area contributed by atoms with Gasteiger partial charge >= 0.3 is 5.97 Å². The van der Waals surface area contributed by atoms with Crippen molar-refractivity contribution in [2.24, 2.45) is 0 Å². The van der Waals surface area contributed by atoms with E-state index in [1.165, 1.54) is 11.3 Å². The van der Waals surface area contributed by atoms with E-state index in [9.17, 15) is 9.59 Å². The van der Waals surface area contributed by atoms with Crippen LogP contribution in [0.1, 0.15) is 27.0 Å². The summed E-state index contributed by atoms with van der Waals surface area (Å²) < 4.78 is 5.13. The van der Waals surface area contributed by atoms with Crippen molar-refractivity contribution in [2.45, 2.75) is 13.0 Å². The zero-order valence-electron chi connectivity index (χ0n) is 10.1. The standard InChI is InChI=1S/C14H11ClO3S/c1-9(18-14(17)12-3-2-8-19-12)13(16)10-4-6-11(15)7-5-10/h2-9H,1H3/t9-/m1/s1. The van der Waals surface area contributed by atoms with Gasteiger partial charge in [-0.3, -0.25) is 4.79 Å². The van der Waals surface area contributed by atoms with Gasteiger partial charge < -0.3 is 4.74 Å². The van der Waals surface area contributed by atoms with E-state index in [-0.39, 0.29) is 5.78 Å². The van der Waals surface area contributed by atoms with Crippen LogP contribution in [0.2, 0.25) is 5.02 Å². The first-order valence-corrected chi connectivity index (χ1v) is 6.88.